The Hall–Kier alpha value is -0.0400. The van der Waals surface area contributed by atoms with Gasteiger partial charge in [0.15, 0.2) is 0 Å². The maximum Gasteiger partial charge on any atom is 0.0221 e. The van der Waals surface area contributed by atoms with Crippen molar-refractivity contribution in [3.8, 4) is 0 Å². The molecule has 0 rings (SSSR count). The van der Waals surface area contributed by atoms with Gasteiger partial charge in [0.25, 0.3) is 0 Å². The Kier molecular flexibility index (Phi) is 7.92. The van der Waals surface area contributed by atoms with Crippen molar-refractivity contribution in [2.24, 2.45) is 0 Å². The van der Waals surface area contributed by atoms with Gasteiger partial charge in [-0.1, -0.05) is 26.7 Å². The van der Waals surface area contributed by atoms with Crippen molar-refractivity contribution in [2.75, 3.05) is 6.54 Å². The number of rotatable bonds is 6. The Morgan fingerprint density at radius 1 is 1.22 bits per heavy atom. The van der Waals surface area contributed by atoms with Gasteiger partial charge in [0, 0.05) is 6.54 Å². The predicted octanol–water partition coefficient (Wildman–Crippen LogP) is 2.34. The van der Waals surface area contributed by atoms with Crippen LogP contribution in [0.1, 0.15) is 39.5 Å². The number of nitrogens with one attached hydrogen (secondary N) is 1. The number of hydrogen-bond donors (Lipinski definition) is 1. The van der Waals surface area contributed by atoms with Gasteiger partial charge >= 0.3 is 0 Å². The molecule has 0 aromatic heterocycles. The van der Waals surface area contributed by atoms with Gasteiger partial charge in [-0.25, -0.2) is 0 Å². The van der Waals surface area contributed by atoms with E-state index in [-0.39, 0.29) is 0 Å². The molecule has 1 radical (unpaired) electrons. The highest BCUT2D eigenvalue weighted by atomic mass is 14.8. The van der Waals surface area contributed by atoms with E-state index in [0.717, 1.165) is 6.54 Å². The predicted molar refractivity (Wildman–Crippen MR) is 42.1 cm³/mol. The quantitative estimate of drug-likeness (QED) is 0.541. The maximum atomic E-state index is 3.24. The molecule has 0 aliphatic rings. The third kappa shape index (κ3) is 7.96. The average Bonchev–Trinajstić information content (AvgIpc) is 1.89. The van der Waals surface area contributed by atoms with Crippen LogP contribution in [0, 0.1) is 6.54 Å². The molecule has 1 N–H and O–H groups in total. The van der Waals surface area contributed by atoms with Crippen molar-refractivity contribution >= 4 is 0 Å². The Morgan fingerprint density at radius 2 is 2.00 bits per heavy atom. The molecule has 0 heterocycles. The molecule has 0 aliphatic carbocycles. The summed E-state index contributed by atoms with van der Waals surface area (Å²) in [6.45, 7) is 7.70. The van der Waals surface area contributed by atoms with E-state index >= 15 is 0 Å². The molecule has 0 saturated heterocycles. The lowest BCUT2D eigenvalue weighted by Crippen LogP contribution is -2.10. The third-order valence-electron chi connectivity index (χ3n) is 1.24. The topological polar surface area (TPSA) is 12.0 Å². The van der Waals surface area contributed by atoms with Crippen LogP contribution in [-0.4, -0.2) is 6.54 Å². The fourth-order valence-electron chi connectivity index (χ4n) is 0.655. The number of hydrogen-bond acceptors (Lipinski definition) is 1. The van der Waals surface area contributed by atoms with Crippen LogP contribution in [0.25, 0.3) is 0 Å². The molecule has 9 heavy (non-hydrogen) atoms. The first-order valence-corrected chi connectivity index (χ1v) is 3.96. The first-order valence-electron chi connectivity index (χ1n) is 3.96. The minimum atomic E-state index is 1.13. The lowest BCUT2D eigenvalue weighted by molar-refractivity contribution is 0.681. The van der Waals surface area contributed by atoms with Crippen LogP contribution >= 0.6 is 0 Å². The first kappa shape index (κ1) is 8.96. The van der Waals surface area contributed by atoms with E-state index in [4.69, 9.17) is 0 Å². The first-order chi connectivity index (χ1) is 4.41. The molecule has 0 spiro atoms. The third-order valence-corrected chi connectivity index (χ3v) is 1.24. The van der Waals surface area contributed by atoms with Crippen LogP contribution in [-0.2, 0) is 0 Å². The molecule has 0 fully saturated rings. The summed E-state index contributed by atoms with van der Waals surface area (Å²) in [5.41, 5.74) is 0. The molecule has 0 aliphatic heterocycles. The van der Waals surface area contributed by atoms with E-state index in [1.807, 2.05) is 0 Å². The summed E-state index contributed by atoms with van der Waals surface area (Å²) in [7, 11) is 0. The van der Waals surface area contributed by atoms with Crippen molar-refractivity contribution in [1.82, 2.24) is 5.32 Å². The molecule has 55 valence electrons. The summed E-state index contributed by atoms with van der Waals surface area (Å²) in [6, 6.07) is 0. The van der Waals surface area contributed by atoms with Crippen LogP contribution in [0.5, 0.6) is 0 Å². The van der Waals surface area contributed by atoms with Crippen LogP contribution in [0.15, 0.2) is 0 Å². The zero-order chi connectivity index (χ0) is 6.95. The summed E-state index contributed by atoms with van der Waals surface area (Å²) in [5, 5.41) is 3.24. The zero-order valence-electron chi connectivity index (χ0n) is 6.61. The lowest BCUT2D eigenvalue weighted by atomic mass is 10.2. The smallest absolute Gasteiger partial charge is 0.0221 e. The molecule has 0 bridgehead atoms. The lowest BCUT2D eigenvalue weighted by Gasteiger charge is -1.98. The Bertz CT molecular complexity index is 37.8. The van der Waals surface area contributed by atoms with Crippen LogP contribution in [0.4, 0.5) is 0 Å². The highest BCUT2D eigenvalue weighted by Crippen LogP contribution is 1.94. The van der Waals surface area contributed by atoms with Crippen molar-refractivity contribution in [2.45, 2.75) is 39.5 Å². The molecular formula is C8H18N. The minimum Gasteiger partial charge on any atom is -0.312 e. The van der Waals surface area contributed by atoms with Crippen molar-refractivity contribution in [1.29, 1.82) is 0 Å². The summed E-state index contributed by atoms with van der Waals surface area (Å²) in [4.78, 5) is 0. The Labute approximate surface area is 58.8 Å². The van der Waals surface area contributed by atoms with Gasteiger partial charge in [-0.05, 0) is 19.4 Å². The van der Waals surface area contributed by atoms with Gasteiger partial charge in [-0.15, -0.1) is 0 Å². The molecule has 0 unspecified atom stereocenters. The normalized spacial score (nSPS) is 10.0. The Balaban J connectivity index is 2.60. The molecule has 0 amide bonds. The van der Waals surface area contributed by atoms with Gasteiger partial charge in [0.2, 0.25) is 0 Å². The standard InChI is InChI=1S/C8H18N/c1-3-5-6-8-9-7-4-2/h8-9H,3-7H2,1-2H3. The summed E-state index contributed by atoms with van der Waals surface area (Å²) in [5.74, 6) is 0. The van der Waals surface area contributed by atoms with Crippen molar-refractivity contribution in [3.05, 3.63) is 6.54 Å². The van der Waals surface area contributed by atoms with Gasteiger partial charge in [0.1, 0.15) is 0 Å². The van der Waals surface area contributed by atoms with Crippen LogP contribution < -0.4 is 5.32 Å². The van der Waals surface area contributed by atoms with E-state index in [1.54, 1.807) is 0 Å². The monoisotopic (exact) mass is 128 g/mol. The van der Waals surface area contributed by atoms with Gasteiger partial charge in [0.05, 0.1) is 0 Å². The molecule has 0 atom stereocenters. The van der Waals surface area contributed by atoms with Crippen molar-refractivity contribution in [3.63, 3.8) is 0 Å². The molecule has 1 heteroatoms. The van der Waals surface area contributed by atoms with Gasteiger partial charge < -0.3 is 5.32 Å². The molecule has 0 saturated carbocycles. The highest BCUT2D eigenvalue weighted by Gasteiger charge is 1.84. The fraction of sp³-hybridized carbons (Fsp3) is 0.875. The molecule has 0 aromatic rings. The van der Waals surface area contributed by atoms with Crippen molar-refractivity contribution < 1.29 is 0 Å². The van der Waals surface area contributed by atoms with Crippen LogP contribution in [0.2, 0.25) is 0 Å². The van der Waals surface area contributed by atoms with E-state index in [0.29, 0.717) is 0 Å². The minimum absolute atomic E-state index is 1.13. The Morgan fingerprint density at radius 3 is 2.56 bits per heavy atom. The fourth-order valence-corrected chi connectivity index (χ4v) is 0.655. The van der Waals surface area contributed by atoms with Crippen LogP contribution in [0.3, 0.4) is 0 Å². The molecule has 0 aromatic carbocycles. The second-order valence-electron chi connectivity index (χ2n) is 2.30. The van der Waals surface area contributed by atoms with E-state index in [2.05, 4.69) is 25.7 Å². The number of unbranched alkanes of at least 4 members (excludes halogenated alkanes) is 2. The second-order valence-corrected chi connectivity index (χ2v) is 2.30. The van der Waals surface area contributed by atoms with E-state index in [9.17, 15) is 0 Å². The average molecular weight is 128 g/mol. The molecular weight excluding hydrogens is 110 g/mol. The van der Waals surface area contributed by atoms with Gasteiger partial charge in [-0.3, -0.25) is 0 Å². The summed E-state index contributed by atoms with van der Waals surface area (Å²) < 4.78 is 0. The maximum absolute atomic E-state index is 3.24. The zero-order valence-corrected chi connectivity index (χ0v) is 6.61. The largest absolute Gasteiger partial charge is 0.312 e. The highest BCUT2D eigenvalue weighted by molar-refractivity contribution is 4.59. The summed E-state index contributed by atoms with van der Waals surface area (Å²) in [6.07, 6.45) is 5.06. The molecule has 1 nitrogen and oxygen atoms in total. The SMILES string of the molecule is CCCC[CH]NCCC. The second kappa shape index (κ2) is 7.96. The van der Waals surface area contributed by atoms with Gasteiger partial charge in [-0.2, -0.15) is 0 Å². The van der Waals surface area contributed by atoms with E-state index < -0.39 is 0 Å². The van der Waals surface area contributed by atoms with E-state index in [1.165, 1.54) is 25.7 Å². The summed E-state index contributed by atoms with van der Waals surface area (Å²) >= 11 is 0.